The molecule has 2 rings (SSSR count). The monoisotopic (exact) mass is 308 g/mol. The quantitative estimate of drug-likeness (QED) is 0.892. The molecule has 3 unspecified atom stereocenters. The van der Waals surface area contributed by atoms with Gasteiger partial charge in [-0.2, -0.15) is 0 Å². The number of hydrogen-bond donors (Lipinski definition) is 1. The molecule has 0 spiro atoms. The van der Waals surface area contributed by atoms with Crippen LogP contribution in [0.15, 0.2) is 24.3 Å². The zero-order valence-corrected chi connectivity index (χ0v) is 14.0. The average molecular weight is 309 g/mol. The van der Waals surface area contributed by atoms with E-state index in [-0.39, 0.29) is 24.2 Å². The lowest BCUT2D eigenvalue weighted by atomic mass is 10.0. The van der Waals surface area contributed by atoms with Crippen LogP contribution >= 0.6 is 11.6 Å². The molecule has 21 heavy (non-hydrogen) atoms. The van der Waals surface area contributed by atoms with Crippen molar-refractivity contribution in [1.82, 2.24) is 10.2 Å². The van der Waals surface area contributed by atoms with Gasteiger partial charge in [0, 0.05) is 11.1 Å². The summed E-state index contributed by atoms with van der Waals surface area (Å²) in [5, 5.41) is 4.21. The third kappa shape index (κ3) is 3.58. The lowest BCUT2D eigenvalue weighted by Crippen LogP contribution is -2.38. The number of halogens is 1. The van der Waals surface area contributed by atoms with Crippen molar-refractivity contribution in [2.24, 2.45) is 5.92 Å². The summed E-state index contributed by atoms with van der Waals surface area (Å²) in [6.45, 7) is 8.52. The smallest absolute Gasteiger partial charge is 0.241 e. The van der Waals surface area contributed by atoms with Gasteiger partial charge < -0.3 is 4.90 Å². The summed E-state index contributed by atoms with van der Waals surface area (Å²) in [6.07, 6.45) is 1.73. The summed E-state index contributed by atoms with van der Waals surface area (Å²) in [5.74, 6) is 0.700. The molecule has 116 valence electrons. The SMILES string of the molecule is CCC(C)N1C(=O)C(CC(C)C)NC1c1cccc(Cl)c1. The zero-order chi connectivity index (χ0) is 15.6. The van der Waals surface area contributed by atoms with E-state index >= 15 is 0 Å². The van der Waals surface area contributed by atoms with E-state index in [0.29, 0.717) is 10.9 Å². The molecule has 1 aliphatic rings. The van der Waals surface area contributed by atoms with Crippen molar-refractivity contribution in [3.05, 3.63) is 34.9 Å². The highest BCUT2D eigenvalue weighted by Gasteiger charge is 2.41. The fourth-order valence-corrected chi connectivity index (χ4v) is 3.09. The van der Waals surface area contributed by atoms with Crippen LogP contribution in [-0.4, -0.2) is 22.9 Å². The molecule has 1 fully saturated rings. The largest absolute Gasteiger partial charge is 0.319 e. The van der Waals surface area contributed by atoms with Crippen LogP contribution in [0.25, 0.3) is 0 Å². The molecular formula is C17H25ClN2O. The van der Waals surface area contributed by atoms with Crippen LogP contribution in [0.3, 0.4) is 0 Å². The second-order valence-corrected chi connectivity index (χ2v) is 6.75. The van der Waals surface area contributed by atoms with E-state index in [1.807, 2.05) is 29.2 Å². The van der Waals surface area contributed by atoms with E-state index < -0.39 is 0 Å². The minimum Gasteiger partial charge on any atom is -0.319 e. The van der Waals surface area contributed by atoms with E-state index in [9.17, 15) is 4.79 Å². The Hall–Kier alpha value is -1.06. The maximum atomic E-state index is 12.7. The Kier molecular flexibility index (Phi) is 5.28. The Labute approximate surface area is 132 Å². The van der Waals surface area contributed by atoms with Gasteiger partial charge in [0.2, 0.25) is 5.91 Å². The number of rotatable bonds is 5. The maximum Gasteiger partial charge on any atom is 0.241 e. The van der Waals surface area contributed by atoms with Gasteiger partial charge in [0.1, 0.15) is 6.17 Å². The number of carbonyl (C=O) groups is 1. The molecule has 3 atom stereocenters. The van der Waals surface area contributed by atoms with Crippen LogP contribution in [0.5, 0.6) is 0 Å². The van der Waals surface area contributed by atoms with Crippen LogP contribution in [-0.2, 0) is 4.79 Å². The lowest BCUT2D eigenvalue weighted by molar-refractivity contribution is -0.132. The van der Waals surface area contributed by atoms with E-state index in [0.717, 1.165) is 18.4 Å². The highest BCUT2D eigenvalue weighted by molar-refractivity contribution is 6.30. The molecule has 0 saturated carbocycles. The second kappa shape index (κ2) is 6.80. The second-order valence-electron chi connectivity index (χ2n) is 6.31. The van der Waals surface area contributed by atoms with Crippen molar-refractivity contribution in [1.29, 1.82) is 0 Å². The fourth-order valence-electron chi connectivity index (χ4n) is 2.89. The van der Waals surface area contributed by atoms with Gasteiger partial charge in [-0.15, -0.1) is 0 Å². The first-order valence-corrected chi connectivity index (χ1v) is 8.15. The van der Waals surface area contributed by atoms with Crippen molar-refractivity contribution < 1.29 is 4.79 Å². The minimum absolute atomic E-state index is 0.0742. The molecule has 1 aliphatic heterocycles. The van der Waals surface area contributed by atoms with Gasteiger partial charge in [-0.1, -0.05) is 44.5 Å². The molecule has 1 aromatic carbocycles. The predicted octanol–water partition coefficient (Wildman–Crippen LogP) is 3.98. The zero-order valence-electron chi connectivity index (χ0n) is 13.3. The maximum absolute atomic E-state index is 12.7. The highest BCUT2D eigenvalue weighted by Crippen LogP contribution is 2.31. The summed E-state index contributed by atoms with van der Waals surface area (Å²) in [6, 6.07) is 7.90. The van der Waals surface area contributed by atoms with Gasteiger partial charge in [0.25, 0.3) is 0 Å². The summed E-state index contributed by atoms with van der Waals surface area (Å²) in [7, 11) is 0. The summed E-state index contributed by atoms with van der Waals surface area (Å²) in [5.41, 5.74) is 1.06. The molecule has 0 aliphatic carbocycles. The third-order valence-corrected chi connectivity index (χ3v) is 4.36. The molecule has 0 aromatic heterocycles. The van der Waals surface area contributed by atoms with Gasteiger partial charge in [-0.25, -0.2) is 0 Å². The Morgan fingerprint density at radius 3 is 2.62 bits per heavy atom. The van der Waals surface area contributed by atoms with Gasteiger partial charge in [0.05, 0.1) is 6.04 Å². The Balaban J connectivity index is 2.30. The van der Waals surface area contributed by atoms with Gasteiger partial charge >= 0.3 is 0 Å². The van der Waals surface area contributed by atoms with Crippen molar-refractivity contribution >= 4 is 17.5 Å². The summed E-state index contributed by atoms with van der Waals surface area (Å²) in [4.78, 5) is 14.7. The number of amides is 1. The predicted molar refractivity (Wildman–Crippen MR) is 87.2 cm³/mol. The summed E-state index contributed by atoms with van der Waals surface area (Å²) >= 11 is 6.11. The van der Waals surface area contributed by atoms with E-state index in [4.69, 9.17) is 11.6 Å². The van der Waals surface area contributed by atoms with Crippen molar-refractivity contribution in [3.63, 3.8) is 0 Å². The molecular weight excluding hydrogens is 284 g/mol. The molecule has 1 aromatic rings. The molecule has 0 radical (unpaired) electrons. The standard InChI is InChI=1S/C17H25ClN2O/c1-5-12(4)20-16(13-7-6-8-14(18)10-13)19-15(17(20)21)9-11(2)3/h6-8,10-12,15-16,19H,5,9H2,1-4H3. The summed E-state index contributed by atoms with van der Waals surface area (Å²) < 4.78 is 0. The topological polar surface area (TPSA) is 32.3 Å². The van der Waals surface area contributed by atoms with E-state index in [1.165, 1.54) is 0 Å². The normalized spacial score (nSPS) is 23.9. The number of carbonyl (C=O) groups excluding carboxylic acids is 1. The van der Waals surface area contributed by atoms with Crippen LogP contribution in [0.1, 0.15) is 52.3 Å². The van der Waals surface area contributed by atoms with Gasteiger partial charge in [-0.3, -0.25) is 10.1 Å². The van der Waals surface area contributed by atoms with Crippen LogP contribution < -0.4 is 5.32 Å². The lowest BCUT2D eigenvalue weighted by Gasteiger charge is -2.30. The van der Waals surface area contributed by atoms with Gasteiger partial charge in [0.15, 0.2) is 0 Å². The highest BCUT2D eigenvalue weighted by atomic mass is 35.5. The molecule has 1 amide bonds. The van der Waals surface area contributed by atoms with Gasteiger partial charge in [-0.05, 0) is 43.4 Å². The van der Waals surface area contributed by atoms with Crippen molar-refractivity contribution in [2.75, 3.05) is 0 Å². The number of benzene rings is 1. The molecule has 4 heteroatoms. The molecule has 1 saturated heterocycles. The van der Waals surface area contributed by atoms with Crippen molar-refractivity contribution in [2.45, 2.75) is 58.8 Å². The first-order valence-electron chi connectivity index (χ1n) is 7.77. The first kappa shape index (κ1) is 16.3. The van der Waals surface area contributed by atoms with Crippen molar-refractivity contribution in [3.8, 4) is 0 Å². The van der Waals surface area contributed by atoms with Crippen LogP contribution in [0.2, 0.25) is 5.02 Å². The van der Waals surface area contributed by atoms with E-state index in [1.54, 1.807) is 0 Å². The number of nitrogens with zero attached hydrogens (tertiary/aromatic N) is 1. The molecule has 1 heterocycles. The number of hydrogen-bond acceptors (Lipinski definition) is 2. The Bertz CT molecular complexity index is 503. The van der Waals surface area contributed by atoms with E-state index in [2.05, 4.69) is 33.0 Å². The van der Waals surface area contributed by atoms with Crippen LogP contribution in [0.4, 0.5) is 0 Å². The Morgan fingerprint density at radius 1 is 1.33 bits per heavy atom. The minimum atomic E-state index is -0.0945. The average Bonchev–Trinajstić information content (AvgIpc) is 2.75. The fraction of sp³-hybridized carbons (Fsp3) is 0.588. The van der Waals surface area contributed by atoms with Crippen LogP contribution in [0, 0.1) is 5.92 Å². The molecule has 1 N–H and O–H groups in total. The molecule has 3 nitrogen and oxygen atoms in total. The molecule has 0 bridgehead atoms. The first-order chi connectivity index (χ1) is 9.93. The Morgan fingerprint density at radius 2 is 2.05 bits per heavy atom. The number of nitrogens with one attached hydrogen (secondary N) is 1. The third-order valence-electron chi connectivity index (χ3n) is 4.13.